The van der Waals surface area contributed by atoms with Crippen LogP contribution in [0.25, 0.3) is 22.9 Å². The molecule has 1 aromatic carbocycles. The third-order valence-corrected chi connectivity index (χ3v) is 8.15. The van der Waals surface area contributed by atoms with E-state index in [1.165, 1.54) is 39.1 Å². The largest absolute Gasteiger partial charge is 0.493 e. The minimum absolute atomic E-state index is 0.139. The normalized spacial score (nSPS) is 14.5. The second-order valence-corrected chi connectivity index (χ2v) is 13.3. The molecule has 1 aliphatic rings. The summed E-state index contributed by atoms with van der Waals surface area (Å²) in [6, 6.07) is 14.0. The maximum absolute atomic E-state index is 11.1. The summed E-state index contributed by atoms with van der Waals surface area (Å²) in [6.45, 7) is 7.25. The number of ether oxygens (including phenoxy) is 2. The Morgan fingerprint density at radius 3 is 1.83 bits per heavy atom. The van der Waals surface area contributed by atoms with Crippen LogP contribution in [0.5, 0.6) is 17.4 Å². The summed E-state index contributed by atoms with van der Waals surface area (Å²) < 4.78 is 22.8. The number of pyridine rings is 2. The lowest BCUT2D eigenvalue weighted by molar-refractivity contribution is -0.120. The van der Waals surface area contributed by atoms with Gasteiger partial charge in [-0.1, -0.05) is 17.7 Å². The molecule has 4 N–H and O–H groups in total. The van der Waals surface area contributed by atoms with Crippen LogP contribution < -0.4 is 20.1 Å². The monoisotopic (exact) mass is 746 g/mol. The first kappa shape index (κ1) is 38.9. The van der Waals surface area contributed by atoms with Gasteiger partial charge in [-0.2, -0.15) is 0 Å². The van der Waals surface area contributed by atoms with Gasteiger partial charge in [0.05, 0.1) is 30.1 Å². The maximum atomic E-state index is 11.1. The number of oxazole rings is 2. The van der Waals surface area contributed by atoms with Gasteiger partial charge in [-0.3, -0.25) is 9.59 Å². The predicted molar refractivity (Wildman–Crippen MR) is 195 cm³/mol. The highest BCUT2D eigenvalue weighted by atomic mass is 35.5. The number of amides is 2. The van der Waals surface area contributed by atoms with Gasteiger partial charge < -0.3 is 39.2 Å². The van der Waals surface area contributed by atoms with Crippen molar-refractivity contribution in [2.45, 2.75) is 77.7 Å². The molecule has 0 spiro atoms. The van der Waals surface area contributed by atoms with Gasteiger partial charge in [0.25, 0.3) is 0 Å². The fraction of sp³-hybridized carbons (Fsp3) is 0.368. The van der Waals surface area contributed by atoms with Gasteiger partial charge in [0, 0.05) is 63.3 Å². The summed E-state index contributed by atoms with van der Waals surface area (Å²) in [5.74, 6) is 3.65. The number of aliphatic hydroxyl groups excluding tert-OH is 2. The standard InChI is InChI=1S/C24H27N3O5.C14H16ClN3O3/c1-15(27-16(2)28)10-21(29)22-13-26-24(32-22)18-8-9-23(25-12-18)31-20-5-3-4-19(11-20)30-14-17-6-7-17;1-8(18-9(2)19)5-11(20)12-7-17-14(21-12)10-3-4-13(15)16-6-10/h3-5,8-9,11-13,15,17,21,29H,6-7,10,14H2,1-2H3,(H,27,28);3-4,6-8,11,20H,5H2,1-2H3,(H,18,19). The molecule has 14 nitrogen and oxygen atoms in total. The molecule has 4 unspecified atom stereocenters. The summed E-state index contributed by atoms with van der Waals surface area (Å²) in [5.41, 5.74) is 1.33. The molecule has 0 radical (unpaired) electrons. The van der Waals surface area contributed by atoms with Gasteiger partial charge in [-0.25, -0.2) is 19.9 Å². The number of carbonyl (C=O) groups excluding carboxylic acids is 2. The van der Waals surface area contributed by atoms with Crippen LogP contribution in [0.2, 0.25) is 5.15 Å². The lowest BCUT2D eigenvalue weighted by atomic mass is 10.1. The van der Waals surface area contributed by atoms with E-state index in [1.54, 1.807) is 36.7 Å². The van der Waals surface area contributed by atoms with Crippen molar-refractivity contribution in [1.29, 1.82) is 0 Å². The molecular formula is C38H43ClN6O8. The third kappa shape index (κ3) is 12.4. The van der Waals surface area contributed by atoms with Gasteiger partial charge >= 0.3 is 0 Å². The number of nitrogens with one attached hydrogen (secondary N) is 2. The zero-order valence-corrected chi connectivity index (χ0v) is 30.6. The quantitative estimate of drug-likeness (QED) is 0.0839. The molecule has 0 aliphatic heterocycles. The zero-order chi connectivity index (χ0) is 37.9. The number of halogens is 1. The Morgan fingerprint density at radius 1 is 0.792 bits per heavy atom. The second kappa shape index (κ2) is 18.4. The number of carbonyl (C=O) groups is 2. The van der Waals surface area contributed by atoms with Crippen molar-refractivity contribution < 1.29 is 38.1 Å². The van der Waals surface area contributed by atoms with Gasteiger partial charge in [-0.05, 0) is 62.9 Å². The Morgan fingerprint density at radius 2 is 1.34 bits per heavy atom. The van der Waals surface area contributed by atoms with Crippen LogP contribution in [-0.4, -0.2) is 60.7 Å². The van der Waals surface area contributed by atoms with Crippen LogP contribution in [-0.2, 0) is 9.59 Å². The molecule has 5 aromatic rings. The first-order valence-electron chi connectivity index (χ1n) is 17.2. The molecule has 0 saturated heterocycles. The molecule has 1 aliphatic carbocycles. The Balaban J connectivity index is 0.000000224. The molecule has 53 heavy (non-hydrogen) atoms. The molecular weight excluding hydrogens is 704 g/mol. The van der Waals surface area contributed by atoms with E-state index in [9.17, 15) is 19.8 Å². The van der Waals surface area contributed by atoms with Crippen molar-refractivity contribution in [2.75, 3.05) is 6.61 Å². The van der Waals surface area contributed by atoms with E-state index in [1.807, 2.05) is 38.1 Å². The summed E-state index contributed by atoms with van der Waals surface area (Å²) in [6.07, 6.45) is 7.54. The summed E-state index contributed by atoms with van der Waals surface area (Å²) >= 11 is 5.72. The Bertz CT molecular complexity index is 1930. The molecule has 1 fully saturated rings. The summed E-state index contributed by atoms with van der Waals surface area (Å²) in [5, 5.41) is 26.2. The van der Waals surface area contributed by atoms with Gasteiger partial charge in [0.1, 0.15) is 28.9 Å². The average Bonchev–Trinajstić information content (AvgIpc) is 3.57. The van der Waals surface area contributed by atoms with E-state index >= 15 is 0 Å². The smallest absolute Gasteiger partial charge is 0.227 e. The molecule has 2 amide bonds. The average molecular weight is 747 g/mol. The molecule has 15 heteroatoms. The fourth-order valence-electron chi connectivity index (χ4n) is 5.18. The van der Waals surface area contributed by atoms with Crippen molar-refractivity contribution in [3.8, 4) is 40.3 Å². The minimum atomic E-state index is -0.872. The third-order valence-electron chi connectivity index (χ3n) is 7.93. The Labute approximate surface area is 312 Å². The highest BCUT2D eigenvalue weighted by molar-refractivity contribution is 6.29. The van der Waals surface area contributed by atoms with E-state index in [0.717, 1.165) is 12.4 Å². The Kier molecular flexibility index (Phi) is 13.5. The molecule has 4 atom stereocenters. The lowest BCUT2D eigenvalue weighted by Crippen LogP contribution is -2.31. The number of hydrogen-bond acceptors (Lipinski definition) is 12. The summed E-state index contributed by atoms with van der Waals surface area (Å²) in [4.78, 5) is 38.7. The topological polar surface area (TPSA) is 195 Å². The van der Waals surface area contributed by atoms with Crippen molar-refractivity contribution in [3.63, 3.8) is 0 Å². The van der Waals surface area contributed by atoms with Gasteiger partial charge in [0.15, 0.2) is 11.5 Å². The van der Waals surface area contributed by atoms with Crippen molar-refractivity contribution in [2.24, 2.45) is 5.92 Å². The number of rotatable bonds is 15. The molecule has 4 aromatic heterocycles. The zero-order valence-electron chi connectivity index (χ0n) is 29.9. The predicted octanol–water partition coefficient (Wildman–Crippen LogP) is 6.60. The van der Waals surface area contributed by atoms with Crippen LogP contribution in [0.4, 0.5) is 0 Å². The maximum Gasteiger partial charge on any atom is 0.227 e. The second-order valence-electron chi connectivity index (χ2n) is 12.9. The molecule has 280 valence electrons. The summed E-state index contributed by atoms with van der Waals surface area (Å²) in [7, 11) is 0. The van der Waals surface area contributed by atoms with E-state index in [2.05, 4.69) is 30.6 Å². The number of hydrogen-bond donors (Lipinski definition) is 4. The first-order chi connectivity index (χ1) is 25.4. The molecule has 4 heterocycles. The lowest BCUT2D eigenvalue weighted by Gasteiger charge is -2.15. The van der Waals surface area contributed by atoms with E-state index < -0.39 is 12.2 Å². The fourth-order valence-corrected chi connectivity index (χ4v) is 5.29. The Hall–Kier alpha value is -5.31. The van der Waals surface area contributed by atoms with Crippen LogP contribution in [0.1, 0.15) is 77.1 Å². The molecule has 0 bridgehead atoms. The number of aliphatic hydroxyl groups is 2. The van der Waals surface area contributed by atoms with Crippen LogP contribution in [0.3, 0.4) is 0 Å². The minimum Gasteiger partial charge on any atom is -0.493 e. The molecule has 1 saturated carbocycles. The first-order valence-corrected chi connectivity index (χ1v) is 17.6. The van der Waals surface area contributed by atoms with Crippen LogP contribution in [0, 0.1) is 5.92 Å². The van der Waals surface area contributed by atoms with Crippen LogP contribution >= 0.6 is 11.6 Å². The highest BCUT2D eigenvalue weighted by Gasteiger charge is 2.22. The van der Waals surface area contributed by atoms with Crippen LogP contribution in [0.15, 0.2) is 82.2 Å². The van der Waals surface area contributed by atoms with Crippen molar-refractivity contribution in [1.82, 2.24) is 30.6 Å². The number of aromatic nitrogens is 4. The van der Waals surface area contributed by atoms with E-state index in [-0.39, 0.29) is 23.9 Å². The highest BCUT2D eigenvalue weighted by Crippen LogP contribution is 2.31. The van der Waals surface area contributed by atoms with Crippen molar-refractivity contribution in [3.05, 3.63) is 90.0 Å². The molecule has 6 rings (SSSR count). The van der Waals surface area contributed by atoms with Gasteiger partial charge in [-0.15, -0.1) is 0 Å². The van der Waals surface area contributed by atoms with Gasteiger partial charge in [0.2, 0.25) is 29.5 Å². The van der Waals surface area contributed by atoms with E-state index in [4.69, 9.17) is 29.9 Å². The van der Waals surface area contributed by atoms with E-state index in [0.29, 0.717) is 70.0 Å². The SMILES string of the molecule is CC(=O)NC(C)CC(O)c1cnc(-c2ccc(Cl)nc2)o1.CC(=O)NC(C)CC(O)c1cnc(-c2ccc(Oc3cccc(OCC4CC4)c3)nc2)o1. The van der Waals surface area contributed by atoms with Crippen molar-refractivity contribution >= 4 is 23.4 Å². The number of benzene rings is 1. The number of nitrogens with zero attached hydrogens (tertiary/aromatic N) is 4.